The second-order valence-electron chi connectivity index (χ2n) is 7.62. The summed E-state index contributed by atoms with van der Waals surface area (Å²) in [6.07, 6.45) is 4.64. The molecule has 0 aromatic carbocycles. The van der Waals surface area contributed by atoms with Gasteiger partial charge in [0.15, 0.2) is 0 Å². The smallest absolute Gasteiger partial charge is 0.254 e. The largest absolute Gasteiger partial charge is 0.369 e. The van der Waals surface area contributed by atoms with Gasteiger partial charge in [0.05, 0.1) is 0 Å². The van der Waals surface area contributed by atoms with Crippen LogP contribution in [0.4, 0.5) is 11.8 Å². The van der Waals surface area contributed by atoms with Gasteiger partial charge in [-0.1, -0.05) is 0 Å². The maximum absolute atomic E-state index is 13.1. The van der Waals surface area contributed by atoms with E-state index in [2.05, 4.69) is 9.97 Å². The summed E-state index contributed by atoms with van der Waals surface area (Å²) in [7, 11) is 0. The fourth-order valence-electron chi connectivity index (χ4n) is 4.01. The molecule has 2 saturated heterocycles. The van der Waals surface area contributed by atoms with Crippen molar-refractivity contribution >= 4 is 23.6 Å². The molecule has 1 aromatic heterocycles. The Labute approximate surface area is 157 Å². The number of piperazine rings is 1. The van der Waals surface area contributed by atoms with Gasteiger partial charge in [-0.2, -0.15) is 4.98 Å². The first kappa shape index (κ1) is 17.8. The first-order chi connectivity index (χ1) is 13.0. The van der Waals surface area contributed by atoms with E-state index in [4.69, 9.17) is 5.73 Å². The number of nitrogen functional groups attached to an aromatic ring is 1. The van der Waals surface area contributed by atoms with Crippen molar-refractivity contribution < 1.29 is 9.59 Å². The maximum Gasteiger partial charge on any atom is 0.254 e. The molecule has 9 heteroatoms. The number of amides is 2. The van der Waals surface area contributed by atoms with Crippen molar-refractivity contribution in [2.24, 2.45) is 5.92 Å². The molecule has 2 aliphatic heterocycles. The lowest BCUT2D eigenvalue weighted by Gasteiger charge is -2.41. The lowest BCUT2D eigenvalue weighted by molar-refractivity contribution is -0.148. The molecule has 1 aliphatic carbocycles. The third kappa shape index (κ3) is 3.77. The monoisotopic (exact) mass is 374 g/mol. The van der Waals surface area contributed by atoms with Gasteiger partial charge in [0.1, 0.15) is 11.9 Å². The number of hydrogen-bond donors (Lipinski definition) is 2. The fraction of sp³-hybridized carbons (Fsp3) is 0.667. The highest BCUT2D eigenvalue weighted by molar-refractivity contribution is 5.89. The molecule has 0 unspecified atom stereocenters. The van der Waals surface area contributed by atoms with E-state index in [0.717, 1.165) is 32.1 Å². The van der Waals surface area contributed by atoms with Crippen LogP contribution in [0, 0.1) is 5.92 Å². The molecule has 3 aliphatic rings. The van der Waals surface area contributed by atoms with Crippen LogP contribution in [-0.2, 0) is 9.59 Å². The summed E-state index contributed by atoms with van der Waals surface area (Å²) < 4.78 is 0. The van der Waals surface area contributed by atoms with Gasteiger partial charge in [-0.05, 0) is 32.1 Å². The first-order valence-electron chi connectivity index (χ1n) is 9.74. The van der Waals surface area contributed by atoms with Gasteiger partial charge in [0, 0.05) is 44.7 Å². The van der Waals surface area contributed by atoms with Crippen molar-refractivity contribution in [1.82, 2.24) is 19.8 Å². The maximum atomic E-state index is 13.1. The van der Waals surface area contributed by atoms with Crippen molar-refractivity contribution in [2.45, 2.75) is 38.1 Å². The van der Waals surface area contributed by atoms with Crippen molar-refractivity contribution in [3.63, 3.8) is 0 Å². The third-order valence-corrected chi connectivity index (χ3v) is 5.66. The summed E-state index contributed by atoms with van der Waals surface area (Å²) in [6, 6.07) is 1.11. The van der Waals surface area contributed by atoms with E-state index in [1.165, 1.54) is 6.07 Å². The lowest BCUT2D eigenvalue weighted by Crippen LogP contribution is -2.57. The molecule has 1 atom stereocenters. The van der Waals surface area contributed by atoms with Gasteiger partial charge in [0.2, 0.25) is 17.8 Å². The molecule has 3 fully saturated rings. The van der Waals surface area contributed by atoms with E-state index in [-0.39, 0.29) is 35.3 Å². The summed E-state index contributed by atoms with van der Waals surface area (Å²) in [5.41, 5.74) is 5.33. The number of aromatic nitrogens is 2. The van der Waals surface area contributed by atoms with Gasteiger partial charge in [-0.3, -0.25) is 19.4 Å². The fourth-order valence-corrected chi connectivity index (χ4v) is 4.01. The SMILES string of the molecule is Nc1nc(N2CCN(C(=O)[C@@H]3CCCCN3C(=O)C3CC3)CC2)cc(=O)[nH]1. The number of aromatic amines is 1. The highest BCUT2D eigenvalue weighted by Gasteiger charge is 2.41. The lowest BCUT2D eigenvalue weighted by atomic mass is 9.99. The third-order valence-electron chi connectivity index (χ3n) is 5.66. The minimum Gasteiger partial charge on any atom is -0.369 e. The van der Waals surface area contributed by atoms with Gasteiger partial charge in [0.25, 0.3) is 5.56 Å². The zero-order valence-corrected chi connectivity index (χ0v) is 15.4. The van der Waals surface area contributed by atoms with Gasteiger partial charge in [-0.15, -0.1) is 0 Å². The molecule has 2 amide bonds. The molecule has 3 heterocycles. The highest BCUT2D eigenvalue weighted by atomic mass is 16.2. The summed E-state index contributed by atoms with van der Waals surface area (Å²) in [5.74, 6) is 0.985. The van der Waals surface area contributed by atoms with Crippen LogP contribution in [0.2, 0.25) is 0 Å². The molecule has 1 saturated carbocycles. The zero-order valence-electron chi connectivity index (χ0n) is 15.4. The van der Waals surface area contributed by atoms with Crippen LogP contribution < -0.4 is 16.2 Å². The molecular weight excluding hydrogens is 348 g/mol. The molecule has 0 bridgehead atoms. The van der Waals surface area contributed by atoms with Crippen LogP contribution in [-0.4, -0.2) is 70.3 Å². The summed E-state index contributed by atoms with van der Waals surface area (Å²) in [5, 5.41) is 0. The predicted octanol–water partition coefficient (Wildman–Crippen LogP) is -0.208. The molecule has 3 N–H and O–H groups in total. The molecule has 1 aromatic rings. The van der Waals surface area contributed by atoms with E-state index in [0.29, 0.717) is 38.5 Å². The summed E-state index contributed by atoms with van der Waals surface area (Å²) in [4.78, 5) is 49.5. The Morgan fingerprint density at radius 3 is 2.44 bits per heavy atom. The topological polar surface area (TPSA) is 116 Å². The molecule has 0 spiro atoms. The average molecular weight is 374 g/mol. The van der Waals surface area contributed by atoms with Crippen LogP contribution in [0.25, 0.3) is 0 Å². The molecule has 27 heavy (non-hydrogen) atoms. The molecule has 9 nitrogen and oxygen atoms in total. The summed E-state index contributed by atoms with van der Waals surface area (Å²) in [6.45, 7) is 2.97. The second kappa shape index (κ2) is 7.21. The highest BCUT2D eigenvalue weighted by Crippen LogP contribution is 2.33. The number of anilines is 2. The van der Waals surface area contributed by atoms with Crippen LogP contribution in [0.1, 0.15) is 32.1 Å². The zero-order chi connectivity index (χ0) is 19.0. The van der Waals surface area contributed by atoms with Crippen LogP contribution in [0.5, 0.6) is 0 Å². The number of H-pyrrole nitrogens is 1. The molecule has 4 rings (SSSR count). The molecule has 0 radical (unpaired) electrons. The van der Waals surface area contributed by atoms with Gasteiger partial charge in [-0.25, -0.2) is 0 Å². The summed E-state index contributed by atoms with van der Waals surface area (Å²) >= 11 is 0. The Kier molecular flexibility index (Phi) is 4.75. The Morgan fingerprint density at radius 1 is 1.04 bits per heavy atom. The Morgan fingerprint density at radius 2 is 1.78 bits per heavy atom. The van der Waals surface area contributed by atoms with E-state index >= 15 is 0 Å². The van der Waals surface area contributed by atoms with E-state index in [1.807, 2.05) is 14.7 Å². The number of rotatable bonds is 3. The Balaban J connectivity index is 1.40. The van der Waals surface area contributed by atoms with E-state index in [9.17, 15) is 14.4 Å². The quantitative estimate of drug-likeness (QED) is 0.756. The van der Waals surface area contributed by atoms with Crippen molar-refractivity contribution in [2.75, 3.05) is 43.4 Å². The van der Waals surface area contributed by atoms with Crippen molar-refractivity contribution in [3.8, 4) is 0 Å². The number of nitrogens with two attached hydrogens (primary N) is 1. The van der Waals surface area contributed by atoms with Gasteiger partial charge < -0.3 is 20.4 Å². The van der Waals surface area contributed by atoms with Gasteiger partial charge >= 0.3 is 0 Å². The molecular formula is C18H26N6O3. The normalized spacial score (nSPS) is 23.4. The predicted molar refractivity (Wildman–Crippen MR) is 100 cm³/mol. The average Bonchev–Trinajstić information content (AvgIpc) is 3.51. The number of hydrogen-bond acceptors (Lipinski definition) is 6. The number of nitrogens with one attached hydrogen (secondary N) is 1. The van der Waals surface area contributed by atoms with Crippen LogP contribution in [0.3, 0.4) is 0 Å². The Bertz CT molecular complexity index is 782. The molecule has 146 valence electrons. The van der Waals surface area contributed by atoms with Crippen LogP contribution in [0.15, 0.2) is 10.9 Å². The number of nitrogens with zero attached hydrogens (tertiary/aromatic N) is 4. The second-order valence-corrected chi connectivity index (χ2v) is 7.62. The van der Waals surface area contributed by atoms with Crippen molar-refractivity contribution in [1.29, 1.82) is 0 Å². The van der Waals surface area contributed by atoms with E-state index < -0.39 is 0 Å². The minimum atomic E-state index is -0.313. The minimum absolute atomic E-state index is 0.0572. The number of carbonyl (C=O) groups excluding carboxylic acids is 2. The number of likely N-dealkylation sites (tertiary alicyclic amines) is 1. The van der Waals surface area contributed by atoms with Crippen molar-refractivity contribution in [3.05, 3.63) is 16.4 Å². The number of carbonyl (C=O) groups is 2. The van der Waals surface area contributed by atoms with E-state index in [1.54, 1.807) is 0 Å². The first-order valence-corrected chi connectivity index (χ1v) is 9.74. The Hall–Kier alpha value is -2.58. The van der Waals surface area contributed by atoms with Crippen LogP contribution >= 0.6 is 0 Å². The number of piperidine rings is 1. The standard InChI is InChI=1S/C18H26N6O3/c19-18-20-14(11-15(25)21-18)22-7-9-23(10-8-22)17(27)13-3-1-2-6-24(13)16(26)12-4-5-12/h11-13H,1-10H2,(H3,19,20,21,25)/t13-/m0/s1.